The lowest BCUT2D eigenvalue weighted by Crippen LogP contribution is -2.14. The minimum atomic E-state index is 0.429. The quantitative estimate of drug-likeness (QED) is 0.754. The standard InChI is InChI=1S/C11H17N3OS/c1-14(2)7-5-11-13-9(8-15-3)10(16-11)4-6-12/h4-5,7-8H2,1-3H3. The zero-order valence-electron chi connectivity index (χ0n) is 9.99. The number of hydrogen-bond acceptors (Lipinski definition) is 5. The smallest absolute Gasteiger partial charge is 0.0945 e. The van der Waals surface area contributed by atoms with Gasteiger partial charge in [0.05, 0.1) is 29.8 Å². The lowest BCUT2D eigenvalue weighted by molar-refractivity contribution is 0.181. The highest BCUT2D eigenvalue weighted by Crippen LogP contribution is 2.20. The molecule has 0 atom stereocenters. The Bertz CT molecular complexity index is 368. The highest BCUT2D eigenvalue weighted by atomic mass is 32.1. The van der Waals surface area contributed by atoms with Gasteiger partial charge in [-0.25, -0.2) is 4.98 Å². The number of nitriles is 1. The molecule has 0 radical (unpaired) electrons. The second kappa shape index (κ2) is 6.59. The Morgan fingerprint density at radius 2 is 2.25 bits per heavy atom. The number of likely N-dealkylation sites (N-methyl/N-ethyl adjacent to an activating group) is 1. The van der Waals surface area contributed by atoms with Crippen molar-refractivity contribution in [1.82, 2.24) is 9.88 Å². The van der Waals surface area contributed by atoms with E-state index in [1.807, 2.05) is 14.1 Å². The van der Waals surface area contributed by atoms with Crippen molar-refractivity contribution in [2.75, 3.05) is 27.7 Å². The second-order valence-electron chi connectivity index (χ2n) is 3.80. The third-order valence-corrected chi connectivity index (χ3v) is 3.27. The highest BCUT2D eigenvalue weighted by molar-refractivity contribution is 7.11. The number of hydrogen-bond donors (Lipinski definition) is 0. The summed E-state index contributed by atoms with van der Waals surface area (Å²) in [5, 5.41) is 9.81. The van der Waals surface area contributed by atoms with Gasteiger partial charge in [0.15, 0.2) is 0 Å². The number of nitrogens with zero attached hydrogens (tertiary/aromatic N) is 3. The minimum Gasteiger partial charge on any atom is -0.378 e. The molecular weight excluding hydrogens is 222 g/mol. The maximum Gasteiger partial charge on any atom is 0.0945 e. The van der Waals surface area contributed by atoms with Crippen LogP contribution < -0.4 is 0 Å². The molecule has 0 amide bonds. The summed E-state index contributed by atoms with van der Waals surface area (Å²) in [5.74, 6) is 0. The fourth-order valence-electron chi connectivity index (χ4n) is 1.32. The van der Waals surface area contributed by atoms with Crippen molar-refractivity contribution in [2.24, 2.45) is 0 Å². The number of aromatic nitrogens is 1. The van der Waals surface area contributed by atoms with E-state index in [9.17, 15) is 0 Å². The molecule has 1 aromatic rings. The Morgan fingerprint density at radius 3 is 2.81 bits per heavy atom. The molecule has 0 aliphatic rings. The molecule has 5 heteroatoms. The summed E-state index contributed by atoms with van der Waals surface area (Å²) in [6, 6.07) is 2.17. The highest BCUT2D eigenvalue weighted by Gasteiger charge is 2.10. The van der Waals surface area contributed by atoms with Crippen LogP contribution in [0.25, 0.3) is 0 Å². The van der Waals surface area contributed by atoms with E-state index >= 15 is 0 Å². The molecule has 0 aliphatic heterocycles. The summed E-state index contributed by atoms with van der Waals surface area (Å²) in [6.07, 6.45) is 1.36. The number of rotatable bonds is 6. The van der Waals surface area contributed by atoms with E-state index in [0.29, 0.717) is 13.0 Å². The van der Waals surface area contributed by atoms with Gasteiger partial charge in [-0.05, 0) is 14.1 Å². The molecule has 0 aromatic carbocycles. The molecule has 0 spiro atoms. The van der Waals surface area contributed by atoms with Crippen LogP contribution in [0.15, 0.2) is 0 Å². The molecule has 0 unspecified atom stereocenters. The van der Waals surface area contributed by atoms with Gasteiger partial charge in [-0.2, -0.15) is 5.26 Å². The summed E-state index contributed by atoms with van der Waals surface area (Å²) in [7, 11) is 5.73. The van der Waals surface area contributed by atoms with Gasteiger partial charge in [-0.15, -0.1) is 11.3 Å². The van der Waals surface area contributed by atoms with E-state index in [-0.39, 0.29) is 0 Å². The van der Waals surface area contributed by atoms with Crippen molar-refractivity contribution in [1.29, 1.82) is 5.26 Å². The van der Waals surface area contributed by atoms with Crippen molar-refractivity contribution < 1.29 is 4.74 Å². The lowest BCUT2D eigenvalue weighted by Gasteiger charge is -2.06. The van der Waals surface area contributed by atoms with Gasteiger partial charge in [0.2, 0.25) is 0 Å². The molecule has 1 aromatic heterocycles. The fraction of sp³-hybridized carbons (Fsp3) is 0.636. The van der Waals surface area contributed by atoms with Crippen LogP contribution in [0.5, 0.6) is 0 Å². The average molecular weight is 239 g/mol. The first kappa shape index (κ1) is 13.1. The predicted octanol–water partition coefficient (Wildman–Crippen LogP) is 1.46. The summed E-state index contributed by atoms with van der Waals surface area (Å²) < 4.78 is 5.08. The Morgan fingerprint density at radius 1 is 1.50 bits per heavy atom. The van der Waals surface area contributed by atoms with Gasteiger partial charge < -0.3 is 9.64 Å². The van der Waals surface area contributed by atoms with Crippen molar-refractivity contribution in [3.63, 3.8) is 0 Å². The molecule has 0 saturated carbocycles. The Hall–Kier alpha value is -0.960. The molecular formula is C11H17N3OS. The maximum absolute atomic E-state index is 8.72. The predicted molar refractivity (Wildman–Crippen MR) is 64.4 cm³/mol. The van der Waals surface area contributed by atoms with Crippen LogP contribution >= 0.6 is 11.3 Å². The van der Waals surface area contributed by atoms with Crippen LogP contribution in [0.2, 0.25) is 0 Å². The maximum atomic E-state index is 8.72. The Kier molecular flexibility index (Phi) is 5.39. The van der Waals surface area contributed by atoms with E-state index in [4.69, 9.17) is 10.00 Å². The van der Waals surface area contributed by atoms with E-state index in [1.54, 1.807) is 18.4 Å². The van der Waals surface area contributed by atoms with Crippen LogP contribution in [0.4, 0.5) is 0 Å². The largest absolute Gasteiger partial charge is 0.378 e. The van der Waals surface area contributed by atoms with Gasteiger partial charge in [0.25, 0.3) is 0 Å². The van der Waals surface area contributed by atoms with Crippen molar-refractivity contribution >= 4 is 11.3 Å². The molecule has 0 bridgehead atoms. The van der Waals surface area contributed by atoms with Gasteiger partial charge >= 0.3 is 0 Å². The molecule has 0 N–H and O–H groups in total. The SMILES string of the molecule is COCc1nc(CCN(C)C)sc1CC#N. The Balaban J connectivity index is 2.72. The first-order chi connectivity index (χ1) is 7.67. The summed E-state index contributed by atoms with van der Waals surface area (Å²) in [4.78, 5) is 7.67. The fourth-order valence-corrected chi connectivity index (χ4v) is 2.32. The first-order valence-electron chi connectivity index (χ1n) is 5.15. The van der Waals surface area contributed by atoms with Gasteiger partial charge in [-0.3, -0.25) is 0 Å². The molecule has 1 rings (SSSR count). The van der Waals surface area contributed by atoms with Crippen molar-refractivity contribution in [2.45, 2.75) is 19.4 Å². The summed E-state index contributed by atoms with van der Waals surface area (Å²) >= 11 is 1.63. The molecule has 88 valence electrons. The van der Waals surface area contributed by atoms with Gasteiger partial charge in [0, 0.05) is 25.0 Å². The lowest BCUT2D eigenvalue weighted by atomic mass is 10.3. The van der Waals surface area contributed by atoms with Crippen LogP contribution in [-0.2, 0) is 24.2 Å². The van der Waals surface area contributed by atoms with E-state index in [2.05, 4.69) is 16.0 Å². The summed E-state index contributed by atoms with van der Waals surface area (Å²) in [6.45, 7) is 1.47. The van der Waals surface area contributed by atoms with E-state index < -0.39 is 0 Å². The zero-order valence-corrected chi connectivity index (χ0v) is 10.8. The molecule has 4 nitrogen and oxygen atoms in total. The normalized spacial score (nSPS) is 10.7. The average Bonchev–Trinajstić information content (AvgIpc) is 2.59. The van der Waals surface area contributed by atoms with E-state index in [0.717, 1.165) is 28.5 Å². The molecule has 0 aliphatic carbocycles. The number of ether oxygens (including phenoxy) is 1. The third kappa shape index (κ3) is 3.89. The first-order valence-corrected chi connectivity index (χ1v) is 5.97. The van der Waals surface area contributed by atoms with E-state index in [1.165, 1.54) is 0 Å². The monoisotopic (exact) mass is 239 g/mol. The summed E-state index contributed by atoms with van der Waals surface area (Å²) in [5.41, 5.74) is 0.919. The number of methoxy groups -OCH3 is 1. The van der Waals surface area contributed by atoms with Gasteiger partial charge in [0.1, 0.15) is 0 Å². The molecule has 16 heavy (non-hydrogen) atoms. The molecule has 0 saturated heterocycles. The molecule has 0 fully saturated rings. The second-order valence-corrected chi connectivity index (χ2v) is 4.97. The Labute approximate surface area is 100 Å². The number of thiazole rings is 1. The third-order valence-electron chi connectivity index (χ3n) is 2.12. The van der Waals surface area contributed by atoms with Gasteiger partial charge in [-0.1, -0.05) is 0 Å². The van der Waals surface area contributed by atoms with Crippen LogP contribution in [0.3, 0.4) is 0 Å². The van der Waals surface area contributed by atoms with Crippen molar-refractivity contribution in [3.05, 3.63) is 15.6 Å². The van der Waals surface area contributed by atoms with Crippen LogP contribution in [-0.4, -0.2) is 37.6 Å². The topological polar surface area (TPSA) is 49.1 Å². The van der Waals surface area contributed by atoms with Crippen molar-refractivity contribution in [3.8, 4) is 6.07 Å². The zero-order chi connectivity index (χ0) is 12.0. The minimum absolute atomic E-state index is 0.429. The molecule has 1 heterocycles. The van der Waals surface area contributed by atoms with Crippen LogP contribution in [0.1, 0.15) is 15.6 Å². The van der Waals surface area contributed by atoms with Crippen LogP contribution in [0, 0.1) is 11.3 Å².